The summed E-state index contributed by atoms with van der Waals surface area (Å²) in [6.45, 7) is 7.06. The van der Waals surface area contributed by atoms with Crippen molar-refractivity contribution in [2.75, 3.05) is 19.7 Å². The Kier molecular flexibility index (Phi) is 8.10. The van der Waals surface area contributed by atoms with E-state index < -0.39 is 0 Å². The minimum atomic E-state index is 0.732. The largest absolute Gasteiger partial charge is 0.492 e. The molecule has 0 bridgehead atoms. The second-order valence-electron chi connectivity index (χ2n) is 4.57. The number of hydrogen-bond acceptors (Lipinski definition) is 2. The van der Waals surface area contributed by atoms with Crippen molar-refractivity contribution in [3.63, 3.8) is 0 Å². The summed E-state index contributed by atoms with van der Waals surface area (Å²) < 4.78 is 6.83. The Morgan fingerprint density at radius 2 is 2.00 bits per heavy atom. The van der Waals surface area contributed by atoms with Gasteiger partial charge in [0.1, 0.15) is 12.4 Å². The van der Waals surface area contributed by atoms with Crippen molar-refractivity contribution >= 4 is 15.9 Å². The molecule has 0 aliphatic rings. The van der Waals surface area contributed by atoms with Gasteiger partial charge in [0.2, 0.25) is 0 Å². The van der Waals surface area contributed by atoms with Gasteiger partial charge in [-0.2, -0.15) is 0 Å². The molecule has 1 N–H and O–H groups in total. The van der Waals surface area contributed by atoms with Gasteiger partial charge in [-0.15, -0.1) is 0 Å². The Morgan fingerprint density at radius 3 is 2.72 bits per heavy atom. The summed E-state index contributed by atoms with van der Waals surface area (Å²) in [6.07, 6.45) is 5.24. The molecule has 0 aliphatic heterocycles. The van der Waals surface area contributed by atoms with Crippen LogP contribution in [0.1, 0.15) is 38.2 Å². The highest BCUT2D eigenvalue weighted by atomic mass is 79.9. The van der Waals surface area contributed by atoms with Gasteiger partial charge in [-0.05, 0) is 43.7 Å². The van der Waals surface area contributed by atoms with E-state index in [-0.39, 0.29) is 0 Å². The SMILES string of the molecule is CCCCCCNCCOc1ccc(Br)cc1C. The first-order valence-corrected chi connectivity index (χ1v) is 7.63. The third kappa shape index (κ3) is 6.41. The molecule has 102 valence electrons. The molecule has 0 radical (unpaired) electrons. The summed E-state index contributed by atoms with van der Waals surface area (Å²) in [5.41, 5.74) is 1.17. The van der Waals surface area contributed by atoms with Gasteiger partial charge in [0.25, 0.3) is 0 Å². The molecule has 0 unspecified atom stereocenters. The van der Waals surface area contributed by atoms with Crippen LogP contribution in [0.5, 0.6) is 5.75 Å². The van der Waals surface area contributed by atoms with E-state index in [4.69, 9.17) is 4.74 Å². The van der Waals surface area contributed by atoms with Crippen LogP contribution in [0, 0.1) is 6.92 Å². The third-order valence-corrected chi connectivity index (χ3v) is 3.37. The average Bonchev–Trinajstić information content (AvgIpc) is 2.35. The molecule has 0 fully saturated rings. The molecule has 1 rings (SSSR count). The molecule has 0 atom stereocenters. The number of halogens is 1. The highest BCUT2D eigenvalue weighted by Crippen LogP contribution is 2.21. The Bertz CT molecular complexity index is 341. The van der Waals surface area contributed by atoms with Gasteiger partial charge in [-0.3, -0.25) is 0 Å². The van der Waals surface area contributed by atoms with Crippen LogP contribution in [-0.2, 0) is 0 Å². The summed E-state index contributed by atoms with van der Waals surface area (Å²) in [7, 11) is 0. The number of aryl methyl sites for hydroxylation is 1. The lowest BCUT2D eigenvalue weighted by Gasteiger charge is -2.10. The number of rotatable bonds is 9. The number of nitrogens with one attached hydrogen (secondary N) is 1. The summed E-state index contributed by atoms with van der Waals surface area (Å²) in [5.74, 6) is 0.978. The Hall–Kier alpha value is -0.540. The summed E-state index contributed by atoms with van der Waals surface area (Å²) >= 11 is 3.45. The molecule has 18 heavy (non-hydrogen) atoms. The van der Waals surface area contributed by atoms with Gasteiger partial charge in [0.15, 0.2) is 0 Å². The second kappa shape index (κ2) is 9.40. The van der Waals surface area contributed by atoms with Crippen molar-refractivity contribution in [3.8, 4) is 5.75 Å². The fraction of sp³-hybridized carbons (Fsp3) is 0.600. The van der Waals surface area contributed by atoms with E-state index in [9.17, 15) is 0 Å². The van der Waals surface area contributed by atoms with E-state index >= 15 is 0 Å². The van der Waals surface area contributed by atoms with Crippen molar-refractivity contribution in [2.24, 2.45) is 0 Å². The van der Waals surface area contributed by atoms with Crippen LogP contribution in [-0.4, -0.2) is 19.7 Å². The van der Waals surface area contributed by atoms with Crippen LogP contribution >= 0.6 is 15.9 Å². The van der Waals surface area contributed by atoms with Gasteiger partial charge in [-0.25, -0.2) is 0 Å². The molecule has 0 heterocycles. The molecule has 2 nitrogen and oxygen atoms in total. The summed E-state index contributed by atoms with van der Waals surface area (Å²) in [6, 6.07) is 6.11. The topological polar surface area (TPSA) is 21.3 Å². The van der Waals surface area contributed by atoms with Crippen molar-refractivity contribution in [3.05, 3.63) is 28.2 Å². The highest BCUT2D eigenvalue weighted by Gasteiger charge is 1.99. The first kappa shape index (κ1) is 15.5. The predicted molar refractivity (Wildman–Crippen MR) is 81.4 cm³/mol. The lowest BCUT2D eigenvalue weighted by Crippen LogP contribution is -2.22. The molecule has 0 spiro atoms. The molecule has 0 saturated heterocycles. The maximum absolute atomic E-state index is 5.74. The van der Waals surface area contributed by atoms with Gasteiger partial charge >= 0.3 is 0 Å². The minimum absolute atomic E-state index is 0.732. The van der Waals surface area contributed by atoms with Crippen molar-refractivity contribution in [2.45, 2.75) is 39.5 Å². The highest BCUT2D eigenvalue weighted by molar-refractivity contribution is 9.10. The second-order valence-corrected chi connectivity index (χ2v) is 5.48. The Morgan fingerprint density at radius 1 is 1.17 bits per heavy atom. The lowest BCUT2D eigenvalue weighted by atomic mass is 10.2. The molecule has 1 aromatic rings. The predicted octanol–water partition coefficient (Wildman–Crippen LogP) is 4.31. The first-order valence-electron chi connectivity index (χ1n) is 6.83. The van der Waals surface area contributed by atoms with Gasteiger partial charge in [0, 0.05) is 11.0 Å². The molecule has 0 aliphatic carbocycles. The van der Waals surface area contributed by atoms with E-state index in [0.717, 1.165) is 29.9 Å². The van der Waals surface area contributed by atoms with Crippen LogP contribution in [0.2, 0.25) is 0 Å². The molecule has 1 aromatic carbocycles. The monoisotopic (exact) mass is 313 g/mol. The fourth-order valence-corrected chi connectivity index (χ4v) is 2.29. The molecular weight excluding hydrogens is 290 g/mol. The normalized spacial score (nSPS) is 10.6. The van der Waals surface area contributed by atoms with Crippen LogP contribution < -0.4 is 10.1 Å². The van der Waals surface area contributed by atoms with Crippen LogP contribution in [0.4, 0.5) is 0 Å². The standard InChI is InChI=1S/C15H24BrNO/c1-3-4-5-6-9-17-10-11-18-15-8-7-14(16)12-13(15)2/h7-8,12,17H,3-6,9-11H2,1-2H3. The first-order chi connectivity index (χ1) is 8.74. The maximum atomic E-state index is 5.74. The molecular formula is C15H24BrNO. The quantitative estimate of drug-likeness (QED) is 0.686. The van der Waals surface area contributed by atoms with E-state index in [1.807, 2.05) is 12.1 Å². The van der Waals surface area contributed by atoms with E-state index in [0.29, 0.717) is 0 Å². The lowest BCUT2D eigenvalue weighted by molar-refractivity contribution is 0.311. The van der Waals surface area contributed by atoms with Crippen molar-refractivity contribution in [1.29, 1.82) is 0 Å². The van der Waals surface area contributed by atoms with Crippen molar-refractivity contribution in [1.82, 2.24) is 5.32 Å². The fourth-order valence-electron chi connectivity index (χ4n) is 1.81. The molecule has 3 heteroatoms. The number of ether oxygens (including phenoxy) is 1. The number of benzene rings is 1. The van der Waals surface area contributed by atoms with E-state index in [1.165, 1.54) is 31.2 Å². The molecule has 0 saturated carbocycles. The van der Waals surface area contributed by atoms with E-state index in [1.54, 1.807) is 0 Å². The van der Waals surface area contributed by atoms with Gasteiger partial charge in [0.05, 0.1) is 0 Å². The number of hydrogen-bond donors (Lipinski definition) is 1. The smallest absolute Gasteiger partial charge is 0.122 e. The van der Waals surface area contributed by atoms with E-state index in [2.05, 4.69) is 41.2 Å². The zero-order valence-electron chi connectivity index (χ0n) is 11.5. The van der Waals surface area contributed by atoms with Gasteiger partial charge < -0.3 is 10.1 Å². The minimum Gasteiger partial charge on any atom is -0.492 e. The zero-order valence-corrected chi connectivity index (χ0v) is 13.1. The third-order valence-electron chi connectivity index (χ3n) is 2.88. The van der Waals surface area contributed by atoms with Crippen LogP contribution in [0.15, 0.2) is 22.7 Å². The zero-order chi connectivity index (χ0) is 13.2. The molecule has 0 amide bonds. The Balaban J connectivity index is 2.07. The number of unbranched alkanes of at least 4 members (excludes halogenated alkanes) is 3. The van der Waals surface area contributed by atoms with Crippen LogP contribution in [0.3, 0.4) is 0 Å². The maximum Gasteiger partial charge on any atom is 0.122 e. The molecule has 0 aromatic heterocycles. The van der Waals surface area contributed by atoms with Crippen LogP contribution in [0.25, 0.3) is 0 Å². The summed E-state index contributed by atoms with van der Waals surface area (Å²) in [5, 5.41) is 3.41. The average molecular weight is 314 g/mol. The Labute approximate surface area is 119 Å². The van der Waals surface area contributed by atoms with Gasteiger partial charge in [-0.1, -0.05) is 42.1 Å². The summed E-state index contributed by atoms with van der Waals surface area (Å²) in [4.78, 5) is 0. The van der Waals surface area contributed by atoms with Crippen molar-refractivity contribution < 1.29 is 4.74 Å².